The van der Waals surface area contributed by atoms with Gasteiger partial charge in [-0.2, -0.15) is 0 Å². The summed E-state index contributed by atoms with van der Waals surface area (Å²) in [6.45, 7) is 0. The van der Waals surface area contributed by atoms with E-state index < -0.39 is 21.7 Å². The summed E-state index contributed by atoms with van der Waals surface area (Å²) < 4.78 is 46.8. The molecule has 2 aromatic heterocycles. The van der Waals surface area contributed by atoms with Gasteiger partial charge in [-0.25, -0.2) is 12.8 Å². The molecule has 0 fully saturated rings. The molecule has 2 aromatic carbocycles. The van der Waals surface area contributed by atoms with Crippen LogP contribution >= 0.6 is 0 Å². The number of nitrogens with one attached hydrogen (secondary N) is 1. The Balaban J connectivity index is 2.10. The average Bonchev–Trinajstić information content (AvgIpc) is 3.17. The number of benzene rings is 2. The number of rotatable bonds is 5. The molecule has 176 valence electrons. The van der Waals surface area contributed by atoms with Gasteiger partial charge in [0.05, 0.1) is 17.5 Å². The highest BCUT2D eigenvalue weighted by atomic mass is 32.2. The van der Waals surface area contributed by atoms with Crippen LogP contribution in [0.1, 0.15) is 10.4 Å². The zero-order valence-corrected chi connectivity index (χ0v) is 19.7. The molecule has 0 bridgehead atoms. The summed E-state index contributed by atoms with van der Waals surface area (Å²) in [4.78, 5) is 24.8. The van der Waals surface area contributed by atoms with E-state index in [0.717, 1.165) is 10.6 Å². The van der Waals surface area contributed by atoms with Crippen molar-refractivity contribution >= 4 is 32.6 Å². The van der Waals surface area contributed by atoms with Crippen LogP contribution in [0.15, 0.2) is 63.9 Å². The van der Waals surface area contributed by atoms with Crippen molar-refractivity contribution in [3.63, 3.8) is 0 Å². The van der Waals surface area contributed by atoms with Gasteiger partial charge in [0.2, 0.25) is 15.6 Å². The minimum atomic E-state index is -3.65. The molecule has 4 aromatic rings. The van der Waals surface area contributed by atoms with E-state index in [4.69, 9.17) is 4.42 Å². The first-order valence-electron chi connectivity index (χ1n) is 10.2. The highest BCUT2D eigenvalue weighted by Crippen LogP contribution is 2.41. The van der Waals surface area contributed by atoms with Gasteiger partial charge in [0.1, 0.15) is 17.2 Å². The van der Waals surface area contributed by atoms with Gasteiger partial charge in [0.25, 0.3) is 5.91 Å². The SMILES string of the molecule is CNC(=O)c1c(-c2ccc(F)cc2)oc2cc(N(C)S(C)(=O)=O)c(-c3ccc(=O)n(C)c3)cc12. The second-order valence-corrected chi connectivity index (χ2v) is 9.87. The normalized spacial score (nSPS) is 11.6. The number of aromatic nitrogens is 1. The Bertz CT molecular complexity index is 1590. The summed E-state index contributed by atoms with van der Waals surface area (Å²) in [5.41, 5.74) is 2.11. The van der Waals surface area contributed by atoms with Crippen LogP contribution in [0.4, 0.5) is 10.1 Å². The van der Waals surface area contributed by atoms with Crippen molar-refractivity contribution in [3.05, 3.63) is 76.5 Å². The average molecular weight is 484 g/mol. The van der Waals surface area contributed by atoms with E-state index in [1.165, 1.54) is 55.1 Å². The third-order valence-electron chi connectivity index (χ3n) is 5.60. The van der Waals surface area contributed by atoms with Gasteiger partial charge in [-0.1, -0.05) is 0 Å². The van der Waals surface area contributed by atoms with Crippen molar-refractivity contribution < 1.29 is 22.0 Å². The lowest BCUT2D eigenvalue weighted by atomic mass is 9.99. The molecule has 10 heteroatoms. The molecule has 0 aliphatic heterocycles. The van der Waals surface area contributed by atoms with Crippen molar-refractivity contribution in [3.8, 4) is 22.5 Å². The molecule has 1 amide bonds. The fourth-order valence-corrected chi connectivity index (χ4v) is 4.22. The number of halogens is 1. The standard InChI is InChI=1S/C24H22FN3O5S/c1-26-24(30)22-18-11-17(15-7-10-21(29)27(2)13-15)19(28(3)34(4,31)32)12-20(18)33-23(22)14-5-8-16(25)9-6-14/h5-13H,1-4H3,(H,26,30). The molecule has 0 saturated heterocycles. The summed E-state index contributed by atoms with van der Waals surface area (Å²) >= 11 is 0. The second kappa shape index (κ2) is 8.45. The van der Waals surface area contributed by atoms with Crippen LogP contribution in [0.25, 0.3) is 33.4 Å². The van der Waals surface area contributed by atoms with E-state index in [0.29, 0.717) is 27.8 Å². The first-order chi connectivity index (χ1) is 16.0. The van der Waals surface area contributed by atoms with Crippen molar-refractivity contribution in [2.45, 2.75) is 0 Å². The predicted molar refractivity (Wildman–Crippen MR) is 129 cm³/mol. The summed E-state index contributed by atoms with van der Waals surface area (Å²) in [7, 11) is 0.825. The molecule has 0 spiro atoms. The summed E-state index contributed by atoms with van der Waals surface area (Å²) in [5, 5.41) is 3.03. The zero-order chi connectivity index (χ0) is 24.8. The van der Waals surface area contributed by atoms with Crippen LogP contribution < -0.4 is 15.2 Å². The highest BCUT2D eigenvalue weighted by molar-refractivity contribution is 7.92. The summed E-state index contributed by atoms with van der Waals surface area (Å²) in [6, 6.07) is 11.7. The third kappa shape index (κ3) is 4.08. The van der Waals surface area contributed by atoms with E-state index in [-0.39, 0.29) is 22.5 Å². The van der Waals surface area contributed by atoms with Crippen LogP contribution in [-0.4, -0.2) is 39.2 Å². The molecule has 0 atom stereocenters. The number of carbonyl (C=O) groups is 1. The molecule has 0 radical (unpaired) electrons. The molecular formula is C24H22FN3O5S. The smallest absolute Gasteiger partial charge is 0.255 e. The number of amides is 1. The Hall–Kier alpha value is -3.92. The predicted octanol–water partition coefficient (Wildman–Crippen LogP) is 3.36. The Morgan fingerprint density at radius 1 is 1.09 bits per heavy atom. The number of anilines is 1. The van der Waals surface area contributed by atoms with Crippen molar-refractivity contribution in [1.82, 2.24) is 9.88 Å². The lowest BCUT2D eigenvalue weighted by molar-refractivity contribution is 0.0964. The van der Waals surface area contributed by atoms with Gasteiger partial charge in [-0.3, -0.25) is 13.9 Å². The van der Waals surface area contributed by atoms with Gasteiger partial charge in [-0.15, -0.1) is 0 Å². The number of hydrogen-bond acceptors (Lipinski definition) is 5. The van der Waals surface area contributed by atoms with Crippen LogP contribution in [0.2, 0.25) is 0 Å². The minimum absolute atomic E-state index is 0.222. The fraction of sp³-hybridized carbons (Fsp3) is 0.167. The minimum Gasteiger partial charge on any atom is -0.455 e. The number of furan rings is 1. The largest absolute Gasteiger partial charge is 0.455 e. The fourth-order valence-electron chi connectivity index (χ4n) is 3.71. The number of aryl methyl sites for hydroxylation is 1. The van der Waals surface area contributed by atoms with E-state index in [1.54, 1.807) is 25.4 Å². The Labute approximate surface area is 195 Å². The van der Waals surface area contributed by atoms with E-state index >= 15 is 0 Å². The van der Waals surface area contributed by atoms with E-state index in [2.05, 4.69) is 5.32 Å². The third-order valence-corrected chi connectivity index (χ3v) is 6.79. The monoisotopic (exact) mass is 483 g/mol. The molecule has 0 unspecified atom stereocenters. The lowest BCUT2D eigenvalue weighted by Crippen LogP contribution is -2.25. The first-order valence-corrected chi connectivity index (χ1v) is 12.1. The molecule has 8 nitrogen and oxygen atoms in total. The molecule has 2 heterocycles. The van der Waals surface area contributed by atoms with Crippen LogP contribution in [0.3, 0.4) is 0 Å². The molecule has 0 aliphatic rings. The van der Waals surface area contributed by atoms with Crippen molar-refractivity contribution in [1.29, 1.82) is 0 Å². The number of pyridine rings is 1. The topological polar surface area (TPSA) is 102 Å². The van der Waals surface area contributed by atoms with Gasteiger partial charge >= 0.3 is 0 Å². The molecule has 1 N–H and O–H groups in total. The van der Waals surface area contributed by atoms with Crippen molar-refractivity contribution in [2.75, 3.05) is 24.7 Å². The van der Waals surface area contributed by atoms with Gasteiger partial charge in [0.15, 0.2) is 0 Å². The second-order valence-electron chi connectivity index (χ2n) is 7.86. The number of hydrogen-bond donors (Lipinski definition) is 1. The van der Waals surface area contributed by atoms with E-state index in [1.807, 2.05) is 0 Å². The van der Waals surface area contributed by atoms with Crippen LogP contribution in [-0.2, 0) is 17.1 Å². The van der Waals surface area contributed by atoms with Gasteiger partial charge in [0, 0.05) is 61.5 Å². The zero-order valence-electron chi connectivity index (χ0n) is 18.9. The number of carbonyl (C=O) groups excluding carboxylic acids is 1. The van der Waals surface area contributed by atoms with Crippen LogP contribution in [0, 0.1) is 5.82 Å². The summed E-state index contributed by atoms with van der Waals surface area (Å²) in [6.07, 6.45) is 2.66. The molecule has 34 heavy (non-hydrogen) atoms. The molecular weight excluding hydrogens is 461 g/mol. The van der Waals surface area contributed by atoms with Crippen LogP contribution in [0.5, 0.6) is 0 Å². The quantitative estimate of drug-likeness (QED) is 0.469. The maximum atomic E-state index is 13.5. The van der Waals surface area contributed by atoms with Gasteiger partial charge < -0.3 is 14.3 Å². The summed E-state index contributed by atoms with van der Waals surface area (Å²) in [5.74, 6) is -0.635. The number of fused-ring (bicyclic) bond motifs is 1. The van der Waals surface area contributed by atoms with E-state index in [9.17, 15) is 22.4 Å². The lowest BCUT2D eigenvalue weighted by Gasteiger charge is -2.21. The number of nitrogens with zero attached hydrogens (tertiary/aromatic N) is 2. The molecule has 0 saturated carbocycles. The molecule has 0 aliphatic carbocycles. The maximum absolute atomic E-state index is 13.5. The maximum Gasteiger partial charge on any atom is 0.255 e. The highest BCUT2D eigenvalue weighted by Gasteiger charge is 2.26. The number of sulfonamides is 1. The Morgan fingerprint density at radius 2 is 1.74 bits per heavy atom. The Kier molecular flexibility index (Phi) is 5.78. The molecule has 4 rings (SSSR count). The Morgan fingerprint density at radius 3 is 2.32 bits per heavy atom. The van der Waals surface area contributed by atoms with Gasteiger partial charge in [-0.05, 0) is 36.4 Å². The first kappa shape index (κ1) is 23.2. The van der Waals surface area contributed by atoms with Crippen molar-refractivity contribution in [2.24, 2.45) is 7.05 Å².